The number of benzene rings is 2. The van der Waals surface area contributed by atoms with Gasteiger partial charge in [-0.05, 0) is 31.2 Å². The Morgan fingerprint density at radius 3 is 2.42 bits per heavy atom. The maximum absolute atomic E-state index is 11.9. The van der Waals surface area contributed by atoms with Crippen LogP contribution in [0.3, 0.4) is 0 Å². The van der Waals surface area contributed by atoms with Gasteiger partial charge in [-0.15, -0.1) is 0 Å². The first kappa shape index (κ1) is 16.1. The lowest BCUT2D eigenvalue weighted by Crippen LogP contribution is -2.02. The smallest absolute Gasteiger partial charge is 0.339 e. The van der Waals surface area contributed by atoms with Crippen LogP contribution in [-0.4, -0.2) is 9.91 Å². The zero-order chi connectivity index (χ0) is 17.3. The number of nitrogens with zero attached hydrogens (tertiary/aromatic N) is 2. The first-order valence-corrected chi connectivity index (χ1v) is 7.77. The van der Waals surface area contributed by atoms with Crippen LogP contribution in [0.25, 0.3) is 22.7 Å². The number of rotatable bonds is 3. The molecular weight excluding hydrogens is 376 g/mol. The fourth-order valence-electron chi connectivity index (χ4n) is 2.23. The summed E-state index contributed by atoms with van der Waals surface area (Å²) in [4.78, 5) is 26.8. The lowest BCUT2D eigenvalue weighted by atomic mass is 10.1. The lowest BCUT2D eigenvalue weighted by molar-refractivity contribution is -0.385. The average molecular weight is 387 g/mol. The van der Waals surface area contributed by atoms with Gasteiger partial charge in [-0.2, -0.15) is 0 Å². The van der Waals surface area contributed by atoms with Crippen molar-refractivity contribution in [2.45, 2.75) is 6.92 Å². The highest BCUT2D eigenvalue weighted by molar-refractivity contribution is 9.10. The maximum Gasteiger partial charge on any atom is 0.339 e. The minimum Gasteiger partial charge on any atom is -0.404 e. The van der Waals surface area contributed by atoms with Gasteiger partial charge in [-0.1, -0.05) is 28.1 Å². The standard InChI is InChI=1S/C17H11BrN2O4/c1-10-2-3-12(8-15(10)20(22)23)14-9-16(21)24-17(19-14)11-4-6-13(18)7-5-11/h2-9H,1H3. The summed E-state index contributed by atoms with van der Waals surface area (Å²) in [5, 5.41) is 11.1. The van der Waals surface area contributed by atoms with Crippen molar-refractivity contribution in [3.8, 4) is 22.7 Å². The molecule has 0 fully saturated rings. The zero-order valence-electron chi connectivity index (χ0n) is 12.5. The van der Waals surface area contributed by atoms with Crippen molar-refractivity contribution in [1.82, 2.24) is 4.98 Å². The Hall–Kier alpha value is -2.80. The minimum atomic E-state index is -0.568. The van der Waals surface area contributed by atoms with E-state index in [0.29, 0.717) is 22.4 Å². The molecule has 2 aromatic carbocycles. The summed E-state index contributed by atoms with van der Waals surface area (Å²) in [5.41, 5.74) is 1.40. The fraction of sp³-hybridized carbons (Fsp3) is 0.0588. The molecule has 3 aromatic rings. The molecule has 0 spiro atoms. The number of aromatic nitrogens is 1. The second-order valence-electron chi connectivity index (χ2n) is 5.13. The third kappa shape index (κ3) is 3.26. The molecule has 1 aromatic heterocycles. The first-order valence-electron chi connectivity index (χ1n) is 6.97. The fourth-order valence-corrected chi connectivity index (χ4v) is 2.49. The van der Waals surface area contributed by atoms with Crippen LogP contribution in [0.4, 0.5) is 5.69 Å². The molecule has 6 nitrogen and oxygen atoms in total. The Bertz CT molecular complexity index is 981. The number of hydrogen-bond acceptors (Lipinski definition) is 5. The molecule has 1 heterocycles. The van der Waals surface area contributed by atoms with Crippen LogP contribution in [0, 0.1) is 17.0 Å². The van der Waals surface area contributed by atoms with Gasteiger partial charge >= 0.3 is 5.63 Å². The van der Waals surface area contributed by atoms with Crippen LogP contribution in [0.2, 0.25) is 0 Å². The topological polar surface area (TPSA) is 86.2 Å². The molecule has 0 saturated carbocycles. The average Bonchev–Trinajstić information content (AvgIpc) is 2.55. The summed E-state index contributed by atoms with van der Waals surface area (Å²) < 4.78 is 6.04. The molecule has 24 heavy (non-hydrogen) atoms. The summed E-state index contributed by atoms with van der Waals surface area (Å²) in [5.74, 6) is 0.160. The predicted molar refractivity (Wildman–Crippen MR) is 92.7 cm³/mol. The Morgan fingerprint density at radius 1 is 1.08 bits per heavy atom. The second-order valence-corrected chi connectivity index (χ2v) is 6.05. The highest BCUT2D eigenvalue weighted by atomic mass is 79.9. The van der Waals surface area contributed by atoms with Gasteiger partial charge in [0.25, 0.3) is 5.69 Å². The summed E-state index contributed by atoms with van der Waals surface area (Å²) >= 11 is 3.34. The summed E-state index contributed by atoms with van der Waals surface area (Å²) in [7, 11) is 0. The Kier molecular flexibility index (Phi) is 4.26. The van der Waals surface area contributed by atoms with Gasteiger partial charge < -0.3 is 4.42 Å². The molecule has 3 rings (SSSR count). The summed E-state index contributed by atoms with van der Waals surface area (Å²) in [6.45, 7) is 1.65. The molecule has 0 saturated heterocycles. The van der Waals surface area contributed by atoms with Gasteiger partial charge in [-0.25, -0.2) is 9.78 Å². The molecule has 0 atom stereocenters. The monoisotopic (exact) mass is 386 g/mol. The normalized spacial score (nSPS) is 10.6. The van der Waals surface area contributed by atoms with E-state index in [1.165, 1.54) is 12.1 Å². The van der Waals surface area contributed by atoms with Crippen LogP contribution in [0.5, 0.6) is 0 Å². The molecule has 120 valence electrons. The van der Waals surface area contributed by atoms with Crippen molar-refractivity contribution in [2.24, 2.45) is 0 Å². The largest absolute Gasteiger partial charge is 0.404 e. The number of hydrogen-bond donors (Lipinski definition) is 0. The van der Waals surface area contributed by atoms with Crippen molar-refractivity contribution in [3.05, 3.63) is 79.1 Å². The second kappa shape index (κ2) is 6.37. The zero-order valence-corrected chi connectivity index (χ0v) is 14.1. The third-order valence-corrected chi connectivity index (χ3v) is 4.00. The van der Waals surface area contributed by atoms with E-state index in [4.69, 9.17) is 4.42 Å². The number of nitro groups is 1. The third-order valence-electron chi connectivity index (χ3n) is 3.47. The van der Waals surface area contributed by atoms with Crippen molar-refractivity contribution in [3.63, 3.8) is 0 Å². The van der Waals surface area contributed by atoms with E-state index < -0.39 is 10.5 Å². The van der Waals surface area contributed by atoms with Crippen molar-refractivity contribution in [2.75, 3.05) is 0 Å². The quantitative estimate of drug-likeness (QED) is 0.493. The van der Waals surface area contributed by atoms with E-state index in [0.717, 1.165) is 4.47 Å². The van der Waals surface area contributed by atoms with E-state index in [-0.39, 0.29) is 11.6 Å². The van der Waals surface area contributed by atoms with Crippen LogP contribution in [0.1, 0.15) is 5.56 Å². The SMILES string of the molecule is Cc1ccc(-c2cc(=O)oc(-c3ccc(Br)cc3)n2)cc1[N+](=O)[O-]. The Morgan fingerprint density at radius 2 is 1.75 bits per heavy atom. The molecule has 0 radical (unpaired) electrons. The highest BCUT2D eigenvalue weighted by Gasteiger charge is 2.14. The molecule has 7 heteroatoms. The number of aryl methyl sites for hydroxylation is 1. The van der Waals surface area contributed by atoms with Crippen molar-refractivity contribution >= 4 is 21.6 Å². The van der Waals surface area contributed by atoms with E-state index >= 15 is 0 Å². The predicted octanol–water partition coefficient (Wildman–Crippen LogP) is 4.35. The molecule has 0 aliphatic carbocycles. The lowest BCUT2D eigenvalue weighted by Gasteiger charge is -2.05. The van der Waals surface area contributed by atoms with Crippen molar-refractivity contribution in [1.29, 1.82) is 0 Å². The number of nitro benzene ring substituents is 1. The van der Waals surface area contributed by atoms with Gasteiger partial charge in [0.15, 0.2) is 0 Å². The Balaban J connectivity index is 2.13. The molecule has 0 bridgehead atoms. The minimum absolute atomic E-state index is 0.0206. The van der Waals surface area contributed by atoms with Crippen LogP contribution in [-0.2, 0) is 0 Å². The molecule has 0 N–H and O–H groups in total. The van der Waals surface area contributed by atoms with Gasteiger partial charge in [0.2, 0.25) is 5.89 Å². The van der Waals surface area contributed by atoms with Gasteiger partial charge in [0, 0.05) is 27.2 Å². The van der Waals surface area contributed by atoms with E-state index in [2.05, 4.69) is 20.9 Å². The van der Waals surface area contributed by atoms with E-state index in [1.807, 2.05) is 0 Å². The highest BCUT2D eigenvalue weighted by Crippen LogP contribution is 2.27. The van der Waals surface area contributed by atoms with Gasteiger partial charge in [-0.3, -0.25) is 10.1 Å². The molecule has 0 unspecified atom stereocenters. The van der Waals surface area contributed by atoms with Crippen LogP contribution < -0.4 is 5.63 Å². The van der Waals surface area contributed by atoms with Crippen LogP contribution in [0.15, 0.2) is 62.2 Å². The van der Waals surface area contributed by atoms with E-state index in [1.54, 1.807) is 43.3 Å². The summed E-state index contributed by atoms with van der Waals surface area (Å²) in [6.07, 6.45) is 0. The summed E-state index contributed by atoms with van der Waals surface area (Å²) in [6, 6.07) is 13.1. The van der Waals surface area contributed by atoms with Gasteiger partial charge in [0.05, 0.1) is 16.7 Å². The first-order chi connectivity index (χ1) is 11.4. The van der Waals surface area contributed by atoms with E-state index in [9.17, 15) is 14.9 Å². The van der Waals surface area contributed by atoms with Gasteiger partial charge in [0.1, 0.15) is 0 Å². The molecule has 0 aliphatic rings. The number of halogens is 1. The Labute approximate surface area is 145 Å². The molecule has 0 amide bonds. The molecular formula is C17H11BrN2O4. The maximum atomic E-state index is 11.9. The van der Waals surface area contributed by atoms with Crippen LogP contribution >= 0.6 is 15.9 Å². The van der Waals surface area contributed by atoms with Crippen molar-refractivity contribution < 1.29 is 9.34 Å². The molecule has 0 aliphatic heterocycles.